The minimum Gasteiger partial charge on any atom is -0.399 e. The number of hydrogen-bond donors (Lipinski definition) is 2. The molecule has 26 heavy (non-hydrogen) atoms. The van der Waals surface area contributed by atoms with Crippen LogP contribution in [0.4, 0.5) is 22.7 Å². The van der Waals surface area contributed by atoms with Gasteiger partial charge in [-0.2, -0.15) is 0 Å². The molecule has 2 heterocycles. The van der Waals surface area contributed by atoms with Gasteiger partial charge in [-0.1, -0.05) is 0 Å². The largest absolute Gasteiger partial charge is 0.399 e. The Balaban J connectivity index is 1.49. The van der Waals surface area contributed by atoms with Crippen molar-refractivity contribution in [3.05, 3.63) is 109 Å². The molecule has 0 aromatic heterocycles. The van der Waals surface area contributed by atoms with Gasteiger partial charge in [0.15, 0.2) is 0 Å². The van der Waals surface area contributed by atoms with Crippen molar-refractivity contribution >= 4 is 22.7 Å². The molecule has 0 saturated carbocycles. The fraction of sp³-hybridized carbons (Fsp3) is 0. The maximum atomic E-state index is 5.75. The van der Waals surface area contributed by atoms with E-state index in [1.807, 2.05) is 48.5 Å². The number of nitrogens with two attached hydrogens (primary N) is 2. The molecular weight excluding hydrogens is 320 g/mol. The van der Waals surface area contributed by atoms with Crippen molar-refractivity contribution in [1.82, 2.24) is 0 Å². The molecule has 0 fully saturated rings. The topological polar surface area (TPSA) is 58.5 Å². The highest BCUT2D eigenvalue weighted by Gasteiger charge is 2.09. The zero-order valence-electron chi connectivity index (χ0n) is 14.3. The molecule has 0 atom stereocenters. The van der Waals surface area contributed by atoms with E-state index in [0.29, 0.717) is 0 Å². The summed E-state index contributed by atoms with van der Waals surface area (Å²) < 4.78 is 0. The first-order valence-electron chi connectivity index (χ1n) is 8.44. The van der Waals surface area contributed by atoms with Crippen molar-refractivity contribution in [2.45, 2.75) is 0 Å². The van der Waals surface area contributed by atoms with Gasteiger partial charge in [-0.05, 0) is 84.0 Å². The zero-order chi connectivity index (χ0) is 17.9. The molecule has 128 valence electrons. The number of benzene rings is 2. The molecule has 2 aromatic carbocycles. The summed E-state index contributed by atoms with van der Waals surface area (Å²) in [7, 11) is 0. The van der Waals surface area contributed by atoms with Crippen molar-refractivity contribution in [1.29, 1.82) is 0 Å². The average Bonchev–Trinajstić information content (AvgIpc) is 2.70. The normalized spacial score (nSPS) is 15.8. The molecule has 2 aliphatic heterocycles. The molecule has 0 radical (unpaired) electrons. The SMILES string of the molecule is Nc1ccc(N2C=CC(=C3C=CN(c4ccc(N)cc4)C=C3)C=C2)cc1. The lowest BCUT2D eigenvalue weighted by Crippen LogP contribution is -2.12. The number of rotatable bonds is 2. The van der Waals surface area contributed by atoms with Gasteiger partial charge in [0.1, 0.15) is 0 Å². The van der Waals surface area contributed by atoms with Gasteiger partial charge in [0.2, 0.25) is 0 Å². The van der Waals surface area contributed by atoms with Crippen LogP contribution in [-0.2, 0) is 0 Å². The van der Waals surface area contributed by atoms with Gasteiger partial charge >= 0.3 is 0 Å². The monoisotopic (exact) mass is 340 g/mol. The molecule has 4 rings (SSSR count). The molecule has 0 aliphatic carbocycles. The van der Waals surface area contributed by atoms with Gasteiger partial charge in [-0.3, -0.25) is 0 Å². The Morgan fingerprint density at radius 2 is 0.769 bits per heavy atom. The first kappa shape index (κ1) is 15.8. The Morgan fingerprint density at radius 1 is 0.462 bits per heavy atom. The highest BCUT2D eigenvalue weighted by molar-refractivity contribution is 5.64. The van der Waals surface area contributed by atoms with Crippen LogP contribution < -0.4 is 21.3 Å². The molecule has 2 aliphatic rings. The molecular formula is C22H20N4. The molecule has 0 unspecified atom stereocenters. The van der Waals surface area contributed by atoms with Gasteiger partial charge in [0, 0.05) is 47.5 Å². The van der Waals surface area contributed by atoms with Crippen LogP contribution in [0.15, 0.2) is 109 Å². The summed E-state index contributed by atoms with van der Waals surface area (Å²) in [6.45, 7) is 0. The summed E-state index contributed by atoms with van der Waals surface area (Å²) in [6.07, 6.45) is 16.7. The van der Waals surface area contributed by atoms with Crippen molar-refractivity contribution in [2.75, 3.05) is 21.3 Å². The fourth-order valence-electron chi connectivity index (χ4n) is 2.87. The first-order valence-corrected chi connectivity index (χ1v) is 8.44. The first-order chi connectivity index (χ1) is 12.7. The zero-order valence-corrected chi connectivity index (χ0v) is 14.3. The quantitative estimate of drug-likeness (QED) is 0.788. The van der Waals surface area contributed by atoms with E-state index in [9.17, 15) is 0 Å². The number of allylic oxidation sites excluding steroid dienone is 6. The van der Waals surface area contributed by atoms with Gasteiger partial charge in [-0.15, -0.1) is 0 Å². The Hall–Kier alpha value is -3.66. The Kier molecular flexibility index (Phi) is 4.07. The Labute approximate surface area is 153 Å². The second kappa shape index (κ2) is 6.69. The lowest BCUT2D eigenvalue weighted by atomic mass is 10.0. The van der Waals surface area contributed by atoms with Gasteiger partial charge < -0.3 is 21.3 Å². The maximum Gasteiger partial charge on any atom is 0.0450 e. The predicted octanol–water partition coefficient (Wildman–Crippen LogP) is 4.54. The van der Waals surface area contributed by atoms with Crippen LogP contribution in [0.3, 0.4) is 0 Å². The van der Waals surface area contributed by atoms with E-state index in [1.165, 1.54) is 11.1 Å². The second-order valence-corrected chi connectivity index (χ2v) is 6.17. The number of nitrogen functional groups attached to an aromatic ring is 2. The summed E-state index contributed by atoms with van der Waals surface area (Å²) >= 11 is 0. The van der Waals surface area contributed by atoms with Crippen molar-refractivity contribution in [3.63, 3.8) is 0 Å². The number of hydrogen-bond acceptors (Lipinski definition) is 4. The van der Waals surface area contributed by atoms with Crippen LogP contribution in [0.1, 0.15) is 0 Å². The predicted molar refractivity (Wildman–Crippen MR) is 110 cm³/mol. The summed E-state index contributed by atoms with van der Waals surface area (Å²) in [6, 6.07) is 15.7. The summed E-state index contributed by atoms with van der Waals surface area (Å²) in [5, 5.41) is 0. The van der Waals surface area contributed by atoms with Gasteiger partial charge in [0.25, 0.3) is 0 Å². The molecule has 4 heteroatoms. The lowest BCUT2D eigenvalue weighted by Gasteiger charge is -2.22. The molecule has 0 saturated heterocycles. The summed E-state index contributed by atoms with van der Waals surface area (Å²) in [5.41, 5.74) is 17.5. The number of anilines is 4. The average molecular weight is 340 g/mol. The van der Waals surface area contributed by atoms with Crippen LogP contribution >= 0.6 is 0 Å². The molecule has 0 amide bonds. The van der Waals surface area contributed by atoms with Crippen molar-refractivity contribution in [2.24, 2.45) is 0 Å². The molecule has 0 bridgehead atoms. The van der Waals surface area contributed by atoms with Crippen LogP contribution in [0.25, 0.3) is 0 Å². The van der Waals surface area contributed by atoms with E-state index >= 15 is 0 Å². The fourth-order valence-corrected chi connectivity index (χ4v) is 2.87. The Morgan fingerprint density at radius 3 is 1.08 bits per heavy atom. The van der Waals surface area contributed by atoms with Crippen LogP contribution in [0, 0.1) is 0 Å². The minimum atomic E-state index is 0.768. The second-order valence-electron chi connectivity index (χ2n) is 6.17. The standard InChI is InChI=1S/C22H20N4/c23-19-1-5-21(6-2-19)25-13-9-17(10-14-25)18-11-15-26(16-12-18)22-7-3-20(24)4-8-22/h1-16H,23-24H2. The van der Waals surface area contributed by atoms with E-state index < -0.39 is 0 Å². The van der Waals surface area contributed by atoms with Gasteiger partial charge in [-0.25, -0.2) is 0 Å². The number of nitrogens with zero attached hydrogens (tertiary/aromatic N) is 2. The van der Waals surface area contributed by atoms with Crippen LogP contribution in [0.2, 0.25) is 0 Å². The third-order valence-corrected chi connectivity index (χ3v) is 4.37. The van der Waals surface area contributed by atoms with E-state index in [4.69, 9.17) is 11.5 Å². The maximum absolute atomic E-state index is 5.75. The lowest BCUT2D eigenvalue weighted by molar-refractivity contribution is 1.22. The molecule has 4 N–H and O–H groups in total. The molecule has 4 nitrogen and oxygen atoms in total. The highest BCUT2D eigenvalue weighted by atomic mass is 15.1. The smallest absolute Gasteiger partial charge is 0.0450 e. The van der Waals surface area contributed by atoms with E-state index in [0.717, 1.165) is 22.7 Å². The summed E-state index contributed by atoms with van der Waals surface area (Å²) in [5.74, 6) is 0. The third-order valence-electron chi connectivity index (χ3n) is 4.37. The van der Waals surface area contributed by atoms with Crippen molar-refractivity contribution < 1.29 is 0 Å². The molecule has 0 spiro atoms. The summed E-state index contributed by atoms with van der Waals surface area (Å²) in [4.78, 5) is 4.14. The third kappa shape index (κ3) is 3.26. The van der Waals surface area contributed by atoms with E-state index in [-0.39, 0.29) is 0 Å². The minimum absolute atomic E-state index is 0.768. The highest BCUT2D eigenvalue weighted by Crippen LogP contribution is 2.26. The Bertz CT molecular complexity index is 833. The van der Waals surface area contributed by atoms with Crippen LogP contribution in [0.5, 0.6) is 0 Å². The van der Waals surface area contributed by atoms with E-state index in [2.05, 4.69) is 58.9 Å². The van der Waals surface area contributed by atoms with Crippen LogP contribution in [-0.4, -0.2) is 0 Å². The van der Waals surface area contributed by atoms with Crippen molar-refractivity contribution in [3.8, 4) is 0 Å². The van der Waals surface area contributed by atoms with Gasteiger partial charge in [0.05, 0.1) is 0 Å². The molecule has 2 aromatic rings. The van der Waals surface area contributed by atoms with E-state index in [1.54, 1.807) is 0 Å².